The molecule has 7 heteroatoms. The zero-order chi connectivity index (χ0) is 19.4. The standard InChI is InChI=1S/C20H18N4O3/c1-12(25)14-5-3-7-16(9-14)23-18-11-19(22-13(2)21-18)24-17-8-4-6-15(10-17)20(26)27/h3-11H,1-2H3,(H,26,27)(H2,21,22,23,24). The Morgan fingerprint density at radius 1 is 0.852 bits per heavy atom. The summed E-state index contributed by atoms with van der Waals surface area (Å²) in [5, 5.41) is 15.3. The lowest BCUT2D eigenvalue weighted by molar-refractivity contribution is 0.0696. The molecule has 0 aliphatic carbocycles. The minimum Gasteiger partial charge on any atom is -0.478 e. The first-order chi connectivity index (χ1) is 12.9. The molecule has 0 amide bonds. The van der Waals surface area contributed by atoms with Crippen LogP contribution >= 0.6 is 0 Å². The van der Waals surface area contributed by atoms with Crippen LogP contribution in [0.1, 0.15) is 33.5 Å². The molecule has 3 aromatic rings. The van der Waals surface area contributed by atoms with Gasteiger partial charge in [0.1, 0.15) is 17.5 Å². The van der Waals surface area contributed by atoms with E-state index in [9.17, 15) is 9.59 Å². The Balaban J connectivity index is 1.84. The lowest BCUT2D eigenvalue weighted by Gasteiger charge is -2.11. The highest BCUT2D eigenvalue weighted by Gasteiger charge is 2.07. The molecule has 1 heterocycles. The number of carbonyl (C=O) groups is 2. The smallest absolute Gasteiger partial charge is 0.335 e. The van der Waals surface area contributed by atoms with Gasteiger partial charge in [-0.3, -0.25) is 4.79 Å². The van der Waals surface area contributed by atoms with Crippen LogP contribution in [0.3, 0.4) is 0 Å². The molecular weight excluding hydrogens is 344 g/mol. The molecule has 7 nitrogen and oxygen atoms in total. The molecule has 0 aliphatic heterocycles. The van der Waals surface area contributed by atoms with E-state index in [-0.39, 0.29) is 11.3 Å². The molecule has 27 heavy (non-hydrogen) atoms. The number of hydrogen-bond acceptors (Lipinski definition) is 6. The van der Waals surface area contributed by atoms with E-state index in [1.54, 1.807) is 43.3 Å². The Bertz CT molecular complexity index is 940. The lowest BCUT2D eigenvalue weighted by atomic mass is 10.1. The summed E-state index contributed by atoms with van der Waals surface area (Å²) in [6.45, 7) is 3.28. The van der Waals surface area contributed by atoms with Crippen molar-refractivity contribution in [1.82, 2.24) is 9.97 Å². The monoisotopic (exact) mass is 362 g/mol. The normalized spacial score (nSPS) is 10.3. The van der Waals surface area contributed by atoms with Crippen molar-refractivity contribution in [3.05, 3.63) is 71.5 Å². The SMILES string of the molecule is CC(=O)c1cccc(Nc2cc(Nc3cccc(C(=O)O)c3)nc(C)n2)c1. The number of ketones is 1. The van der Waals surface area contributed by atoms with Crippen molar-refractivity contribution in [2.45, 2.75) is 13.8 Å². The van der Waals surface area contributed by atoms with E-state index in [4.69, 9.17) is 5.11 Å². The summed E-state index contributed by atoms with van der Waals surface area (Å²) in [4.78, 5) is 31.3. The van der Waals surface area contributed by atoms with Crippen LogP contribution in [0, 0.1) is 6.92 Å². The van der Waals surface area contributed by atoms with Gasteiger partial charge in [0.2, 0.25) is 0 Å². The molecule has 0 saturated heterocycles. The molecule has 0 unspecified atom stereocenters. The molecule has 0 spiro atoms. The fourth-order valence-corrected chi connectivity index (χ4v) is 2.54. The van der Waals surface area contributed by atoms with Crippen LogP contribution in [-0.2, 0) is 0 Å². The average Bonchev–Trinajstić information content (AvgIpc) is 2.61. The first kappa shape index (κ1) is 18.1. The summed E-state index contributed by atoms with van der Waals surface area (Å²) in [6, 6.07) is 15.3. The molecule has 3 N–H and O–H groups in total. The van der Waals surface area contributed by atoms with E-state index in [1.807, 2.05) is 6.07 Å². The number of benzene rings is 2. The fraction of sp³-hybridized carbons (Fsp3) is 0.100. The van der Waals surface area contributed by atoms with Crippen LogP contribution < -0.4 is 10.6 Å². The van der Waals surface area contributed by atoms with Crippen LogP contribution in [-0.4, -0.2) is 26.8 Å². The predicted octanol–water partition coefficient (Wildman–Crippen LogP) is 4.17. The van der Waals surface area contributed by atoms with Crippen molar-refractivity contribution >= 4 is 34.8 Å². The van der Waals surface area contributed by atoms with Crippen LogP contribution in [0.4, 0.5) is 23.0 Å². The molecule has 0 radical (unpaired) electrons. The number of carboxylic acids is 1. The van der Waals surface area contributed by atoms with Crippen molar-refractivity contribution in [2.24, 2.45) is 0 Å². The molecule has 0 bridgehead atoms. The lowest BCUT2D eigenvalue weighted by Crippen LogP contribution is -2.03. The first-order valence-electron chi connectivity index (χ1n) is 8.25. The third-order valence-electron chi connectivity index (χ3n) is 3.76. The summed E-state index contributed by atoms with van der Waals surface area (Å²) >= 11 is 0. The molecule has 0 aliphatic rings. The molecule has 136 valence electrons. The maximum absolute atomic E-state index is 11.5. The number of aromatic carboxylic acids is 1. The molecule has 1 aromatic heterocycles. The van der Waals surface area contributed by atoms with Gasteiger partial charge in [-0.05, 0) is 44.2 Å². The van der Waals surface area contributed by atoms with Gasteiger partial charge in [0, 0.05) is 23.0 Å². The second kappa shape index (κ2) is 7.65. The van der Waals surface area contributed by atoms with Gasteiger partial charge in [0.25, 0.3) is 0 Å². The number of hydrogen-bond donors (Lipinski definition) is 3. The highest BCUT2D eigenvalue weighted by Crippen LogP contribution is 2.22. The largest absolute Gasteiger partial charge is 0.478 e. The van der Waals surface area contributed by atoms with Gasteiger partial charge in [0.05, 0.1) is 5.56 Å². The second-order valence-corrected chi connectivity index (χ2v) is 5.96. The van der Waals surface area contributed by atoms with Gasteiger partial charge in [-0.1, -0.05) is 18.2 Å². The summed E-state index contributed by atoms with van der Waals surface area (Å²) in [6.07, 6.45) is 0. The minimum absolute atomic E-state index is 0.0156. The van der Waals surface area contributed by atoms with E-state index < -0.39 is 5.97 Å². The summed E-state index contributed by atoms with van der Waals surface area (Å²) in [7, 11) is 0. The van der Waals surface area contributed by atoms with Gasteiger partial charge < -0.3 is 15.7 Å². The maximum Gasteiger partial charge on any atom is 0.335 e. The summed E-state index contributed by atoms with van der Waals surface area (Å²) in [5.74, 6) is 0.610. The topological polar surface area (TPSA) is 104 Å². The number of aryl methyl sites for hydroxylation is 1. The highest BCUT2D eigenvalue weighted by atomic mass is 16.4. The van der Waals surface area contributed by atoms with Crippen molar-refractivity contribution in [2.75, 3.05) is 10.6 Å². The zero-order valence-electron chi connectivity index (χ0n) is 14.9. The van der Waals surface area contributed by atoms with Crippen molar-refractivity contribution in [3.8, 4) is 0 Å². The fourth-order valence-electron chi connectivity index (χ4n) is 2.54. The first-order valence-corrected chi connectivity index (χ1v) is 8.25. The van der Waals surface area contributed by atoms with Gasteiger partial charge in [-0.2, -0.15) is 0 Å². The Hall–Kier alpha value is -3.74. The van der Waals surface area contributed by atoms with E-state index in [0.717, 1.165) is 5.69 Å². The van der Waals surface area contributed by atoms with Crippen molar-refractivity contribution in [1.29, 1.82) is 0 Å². The third-order valence-corrected chi connectivity index (χ3v) is 3.76. The number of carbonyl (C=O) groups excluding carboxylic acids is 1. The third kappa shape index (κ3) is 4.66. The van der Waals surface area contributed by atoms with E-state index in [0.29, 0.717) is 28.7 Å². The Morgan fingerprint density at radius 3 is 1.89 bits per heavy atom. The summed E-state index contributed by atoms with van der Waals surface area (Å²) in [5.41, 5.74) is 2.14. The van der Waals surface area contributed by atoms with Crippen LogP contribution in [0.25, 0.3) is 0 Å². The van der Waals surface area contributed by atoms with Crippen molar-refractivity contribution in [3.63, 3.8) is 0 Å². The average molecular weight is 362 g/mol. The number of nitrogens with zero attached hydrogens (tertiary/aromatic N) is 2. The number of Topliss-reactive ketones (excluding diaryl/α,β-unsaturated/α-hetero) is 1. The van der Waals surface area contributed by atoms with Gasteiger partial charge in [-0.15, -0.1) is 0 Å². The van der Waals surface area contributed by atoms with Crippen molar-refractivity contribution < 1.29 is 14.7 Å². The molecule has 3 rings (SSSR count). The van der Waals surface area contributed by atoms with Crippen LogP contribution in [0.5, 0.6) is 0 Å². The number of rotatable bonds is 6. The predicted molar refractivity (Wildman–Crippen MR) is 103 cm³/mol. The number of nitrogens with one attached hydrogen (secondary N) is 2. The number of aromatic nitrogens is 2. The second-order valence-electron chi connectivity index (χ2n) is 5.96. The molecule has 2 aromatic carbocycles. The van der Waals surface area contributed by atoms with E-state index in [1.165, 1.54) is 19.1 Å². The zero-order valence-corrected chi connectivity index (χ0v) is 14.9. The van der Waals surface area contributed by atoms with Crippen LogP contribution in [0.2, 0.25) is 0 Å². The number of carboxylic acid groups (broad SMARTS) is 1. The molecule has 0 fully saturated rings. The molecule has 0 saturated carbocycles. The minimum atomic E-state index is -0.995. The highest BCUT2D eigenvalue weighted by molar-refractivity contribution is 5.95. The molecular formula is C20H18N4O3. The summed E-state index contributed by atoms with van der Waals surface area (Å²) < 4.78 is 0. The van der Waals surface area contributed by atoms with Gasteiger partial charge >= 0.3 is 5.97 Å². The Labute approximate surface area is 156 Å². The van der Waals surface area contributed by atoms with Gasteiger partial charge in [-0.25, -0.2) is 14.8 Å². The van der Waals surface area contributed by atoms with E-state index in [2.05, 4.69) is 20.6 Å². The van der Waals surface area contributed by atoms with E-state index >= 15 is 0 Å². The Morgan fingerprint density at radius 2 is 1.37 bits per heavy atom. The number of anilines is 4. The maximum atomic E-state index is 11.5. The van der Waals surface area contributed by atoms with Gasteiger partial charge in [0.15, 0.2) is 5.78 Å². The van der Waals surface area contributed by atoms with Crippen LogP contribution in [0.15, 0.2) is 54.6 Å². The Kier molecular flexibility index (Phi) is 5.12. The molecule has 0 atom stereocenters. The quantitative estimate of drug-likeness (QED) is 0.565.